The number of benzene rings is 1. The molecular weight excluding hydrogens is 412 g/mol. The number of carbonyl (C=O) groups is 2. The van der Waals surface area contributed by atoms with E-state index in [9.17, 15) is 9.59 Å². The van der Waals surface area contributed by atoms with Crippen LogP contribution < -0.4 is 10.6 Å². The van der Waals surface area contributed by atoms with Crippen LogP contribution in [0.4, 0.5) is 5.69 Å². The van der Waals surface area contributed by atoms with Gasteiger partial charge >= 0.3 is 0 Å². The summed E-state index contributed by atoms with van der Waals surface area (Å²) in [6.07, 6.45) is 0. The van der Waals surface area contributed by atoms with Gasteiger partial charge in [-0.3, -0.25) is 9.59 Å². The summed E-state index contributed by atoms with van der Waals surface area (Å²) in [5.41, 5.74) is 1.94. The summed E-state index contributed by atoms with van der Waals surface area (Å²) in [5, 5.41) is 5.33. The Labute approximate surface area is 156 Å². The summed E-state index contributed by atoms with van der Waals surface area (Å²) in [6.45, 7) is -0.117. The van der Waals surface area contributed by atoms with Crippen LogP contribution in [0.1, 0.15) is 20.7 Å². The lowest BCUT2D eigenvalue weighted by Crippen LogP contribution is -2.32. The van der Waals surface area contributed by atoms with E-state index >= 15 is 0 Å². The normalized spacial score (nSPS) is 14.5. The van der Waals surface area contributed by atoms with Crippen molar-refractivity contribution >= 4 is 57.0 Å². The Bertz CT molecular complexity index is 744. The first-order valence-corrected chi connectivity index (χ1v) is 10.2. The van der Waals surface area contributed by atoms with Gasteiger partial charge in [-0.1, -0.05) is 12.1 Å². The lowest BCUT2D eigenvalue weighted by Gasteiger charge is -2.11. The van der Waals surface area contributed by atoms with Gasteiger partial charge in [0.1, 0.15) is 0 Å². The molecule has 0 unspecified atom stereocenters. The molecule has 5 nitrogen and oxygen atoms in total. The van der Waals surface area contributed by atoms with Crippen molar-refractivity contribution < 1.29 is 14.0 Å². The predicted molar refractivity (Wildman–Crippen MR) is 101 cm³/mol. The molecule has 24 heavy (non-hydrogen) atoms. The van der Waals surface area contributed by atoms with Crippen molar-refractivity contribution in [3.05, 3.63) is 52.4 Å². The zero-order valence-corrected chi connectivity index (χ0v) is 15.8. The van der Waals surface area contributed by atoms with Crippen molar-refractivity contribution in [2.24, 2.45) is 0 Å². The monoisotopic (exact) mass is 426 g/mol. The highest BCUT2D eigenvalue weighted by Gasteiger charge is 2.18. The first-order chi connectivity index (χ1) is 11.6. The second-order valence-electron chi connectivity index (χ2n) is 5.03. The van der Waals surface area contributed by atoms with Gasteiger partial charge in [0.05, 0.1) is 11.1 Å². The molecule has 0 atom stereocenters. The second-order valence-corrected chi connectivity index (χ2v) is 8.54. The minimum Gasteiger partial charge on any atom is -0.444 e. The van der Waals surface area contributed by atoms with Crippen LogP contribution in [-0.4, -0.2) is 29.9 Å². The molecule has 1 aliphatic heterocycles. The molecule has 1 aliphatic rings. The number of thioether (sulfide) groups is 2. The van der Waals surface area contributed by atoms with Gasteiger partial charge in [-0.2, -0.15) is 0 Å². The van der Waals surface area contributed by atoms with Crippen LogP contribution in [-0.2, 0) is 4.79 Å². The minimum atomic E-state index is -0.427. The van der Waals surface area contributed by atoms with Crippen molar-refractivity contribution in [1.82, 2.24) is 5.32 Å². The molecule has 2 amide bonds. The summed E-state index contributed by atoms with van der Waals surface area (Å²) in [7, 11) is 0. The zero-order valence-electron chi connectivity index (χ0n) is 12.6. The highest BCUT2D eigenvalue weighted by molar-refractivity contribution is 9.10. The summed E-state index contributed by atoms with van der Waals surface area (Å²) in [4.78, 5) is 23.8. The molecular formula is C16H15BrN2O3S2. The third-order valence-electron chi connectivity index (χ3n) is 3.27. The van der Waals surface area contributed by atoms with Gasteiger partial charge in [0.2, 0.25) is 5.91 Å². The number of furan rings is 1. The fraction of sp³-hybridized carbons (Fsp3) is 0.250. The lowest BCUT2D eigenvalue weighted by molar-refractivity contribution is -0.115. The molecule has 126 valence electrons. The number of anilines is 1. The smallest absolute Gasteiger partial charge is 0.287 e. The van der Waals surface area contributed by atoms with E-state index in [-0.39, 0.29) is 18.2 Å². The number of hydrogen-bond acceptors (Lipinski definition) is 5. The van der Waals surface area contributed by atoms with Crippen LogP contribution in [0.25, 0.3) is 0 Å². The number of hydrogen-bond donors (Lipinski definition) is 2. The SMILES string of the molecule is O=C(CNC(=O)c1ccc(Br)o1)Nc1cccc(C2SCCS2)c1. The average Bonchev–Trinajstić information content (AvgIpc) is 3.24. The van der Waals surface area contributed by atoms with Gasteiger partial charge in [0.25, 0.3) is 5.91 Å². The lowest BCUT2D eigenvalue weighted by atomic mass is 10.2. The second kappa shape index (κ2) is 8.13. The number of carbonyl (C=O) groups excluding carboxylic acids is 2. The van der Waals surface area contributed by atoms with E-state index in [1.54, 1.807) is 6.07 Å². The van der Waals surface area contributed by atoms with Gasteiger partial charge in [-0.15, -0.1) is 23.5 Å². The molecule has 1 fully saturated rings. The van der Waals surface area contributed by atoms with Crippen molar-refractivity contribution in [2.75, 3.05) is 23.4 Å². The minimum absolute atomic E-state index is 0.117. The molecule has 0 aliphatic carbocycles. The topological polar surface area (TPSA) is 71.3 Å². The third kappa shape index (κ3) is 4.58. The molecule has 1 saturated heterocycles. The highest BCUT2D eigenvalue weighted by Crippen LogP contribution is 2.45. The van der Waals surface area contributed by atoms with Gasteiger partial charge in [-0.25, -0.2) is 0 Å². The van der Waals surface area contributed by atoms with Gasteiger partial charge in [-0.05, 0) is 45.8 Å². The van der Waals surface area contributed by atoms with Crippen LogP contribution in [0.2, 0.25) is 0 Å². The molecule has 0 radical (unpaired) electrons. The Hall–Kier alpha value is -1.38. The summed E-state index contributed by atoms with van der Waals surface area (Å²) in [6, 6.07) is 11.0. The Balaban J connectivity index is 1.53. The molecule has 2 aromatic rings. The molecule has 2 N–H and O–H groups in total. The zero-order chi connectivity index (χ0) is 16.9. The number of nitrogens with one attached hydrogen (secondary N) is 2. The fourth-order valence-corrected chi connectivity index (χ4v) is 5.35. The van der Waals surface area contributed by atoms with Crippen LogP contribution >= 0.6 is 39.5 Å². The number of halogens is 1. The van der Waals surface area contributed by atoms with E-state index in [0.29, 0.717) is 9.25 Å². The Morgan fingerprint density at radius 1 is 1.21 bits per heavy atom. The largest absolute Gasteiger partial charge is 0.444 e. The van der Waals surface area contributed by atoms with E-state index < -0.39 is 5.91 Å². The molecule has 0 saturated carbocycles. The maximum atomic E-state index is 12.0. The van der Waals surface area contributed by atoms with Gasteiger partial charge in [0.15, 0.2) is 10.4 Å². The van der Waals surface area contributed by atoms with Crippen molar-refractivity contribution in [2.45, 2.75) is 4.58 Å². The molecule has 1 aromatic heterocycles. The van der Waals surface area contributed by atoms with Crippen LogP contribution in [0.5, 0.6) is 0 Å². The third-order valence-corrected chi connectivity index (χ3v) is 6.80. The van der Waals surface area contributed by atoms with E-state index in [4.69, 9.17) is 4.42 Å². The van der Waals surface area contributed by atoms with Crippen molar-refractivity contribution in [1.29, 1.82) is 0 Å². The fourth-order valence-electron chi connectivity index (χ4n) is 2.20. The Morgan fingerprint density at radius 2 is 2.00 bits per heavy atom. The van der Waals surface area contributed by atoms with Crippen LogP contribution in [0.15, 0.2) is 45.5 Å². The van der Waals surface area contributed by atoms with Gasteiger partial charge in [0, 0.05) is 17.2 Å². The standard InChI is InChI=1S/C16H15BrN2O3S2/c17-13-5-4-12(22-13)15(21)18-9-14(20)19-11-3-1-2-10(8-11)16-23-6-7-24-16/h1-5,8,16H,6-7,9H2,(H,18,21)(H,19,20). The maximum Gasteiger partial charge on any atom is 0.287 e. The quantitative estimate of drug-likeness (QED) is 0.758. The molecule has 0 bridgehead atoms. The van der Waals surface area contributed by atoms with Crippen LogP contribution in [0, 0.1) is 0 Å². The molecule has 0 spiro atoms. The highest BCUT2D eigenvalue weighted by atomic mass is 79.9. The van der Waals surface area contributed by atoms with E-state index in [1.807, 2.05) is 41.7 Å². The summed E-state index contributed by atoms with van der Waals surface area (Å²) in [5.74, 6) is 1.76. The molecule has 8 heteroatoms. The van der Waals surface area contributed by atoms with E-state index in [0.717, 1.165) is 17.2 Å². The number of amides is 2. The first kappa shape index (κ1) is 17.4. The maximum absolute atomic E-state index is 12.0. The van der Waals surface area contributed by atoms with E-state index in [2.05, 4.69) is 32.6 Å². The van der Waals surface area contributed by atoms with E-state index in [1.165, 1.54) is 11.6 Å². The molecule has 2 heterocycles. The van der Waals surface area contributed by atoms with Crippen molar-refractivity contribution in [3.8, 4) is 0 Å². The number of rotatable bonds is 5. The molecule has 1 aromatic carbocycles. The van der Waals surface area contributed by atoms with Crippen molar-refractivity contribution in [3.63, 3.8) is 0 Å². The van der Waals surface area contributed by atoms with Gasteiger partial charge < -0.3 is 15.1 Å². The average molecular weight is 427 g/mol. The predicted octanol–water partition coefficient (Wildman–Crippen LogP) is 3.89. The summed E-state index contributed by atoms with van der Waals surface area (Å²) < 4.78 is 6.04. The first-order valence-electron chi connectivity index (χ1n) is 7.28. The van der Waals surface area contributed by atoms with Crippen LogP contribution in [0.3, 0.4) is 0 Å². The summed E-state index contributed by atoms with van der Waals surface area (Å²) >= 11 is 6.96. The Morgan fingerprint density at radius 3 is 2.71 bits per heavy atom. The molecule has 3 rings (SSSR count). The Kier molecular flexibility index (Phi) is 5.91.